The summed E-state index contributed by atoms with van der Waals surface area (Å²) in [6, 6.07) is 5.88. The third kappa shape index (κ3) is 3.39. The Labute approximate surface area is 102 Å². The minimum atomic E-state index is 0.782. The Kier molecular flexibility index (Phi) is 4.08. The number of benzene rings is 1. The molecule has 3 heteroatoms. The molecule has 0 spiro atoms. The van der Waals surface area contributed by atoms with Gasteiger partial charge in [-0.2, -0.15) is 0 Å². The Morgan fingerprint density at radius 3 is 2.94 bits per heavy atom. The highest BCUT2D eigenvalue weighted by atomic mass is 35.5. The molecule has 0 radical (unpaired) electrons. The largest absolute Gasteiger partial charge is 0.493 e. The standard InChI is InChI=1S/C13H18ClNO/c1-15-7-6-11-8-12(14)4-5-13(11)16-9-10-2-3-10/h4-5,8,10,15H,2-3,6-7,9H2,1H3. The monoisotopic (exact) mass is 239 g/mol. The summed E-state index contributed by atoms with van der Waals surface area (Å²) in [5.41, 5.74) is 1.20. The maximum Gasteiger partial charge on any atom is 0.122 e. The van der Waals surface area contributed by atoms with Crippen molar-refractivity contribution in [2.45, 2.75) is 19.3 Å². The Morgan fingerprint density at radius 1 is 1.44 bits per heavy atom. The normalized spacial score (nSPS) is 15.1. The maximum atomic E-state index is 5.99. The molecule has 1 aromatic carbocycles. The van der Waals surface area contributed by atoms with E-state index < -0.39 is 0 Å². The molecule has 0 unspecified atom stereocenters. The Bertz CT molecular complexity index is 350. The lowest BCUT2D eigenvalue weighted by molar-refractivity contribution is 0.296. The Balaban J connectivity index is 2.00. The highest BCUT2D eigenvalue weighted by Crippen LogP contribution is 2.31. The van der Waals surface area contributed by atoms with Gasteiger partial charge in [0.05, 0.1) is 6.61 Å². The first-order valence-corrected chi connectivity index (χ1v) is 6.23. The first-order valence-electron chi connectivity index (χ1n) is 5.85. The van der Waals surface area contributed by atoms with Crippen molar-refractivity contribution in [3.63, 3.8) is 0 Å². The van der Waals surface area contributed by atoms with E-state index in [1.165, 1.54) is 18.4 Å². The summed E-state index contributed by atoms with van der Waals surface area (Å²) in [4.78, 5) is 0. The van der Waals surface area contributed by atoms with Crippen LogP contribution in [0.1, 0.15) is 18.4 Å². The lowest BCUT2D eigenvalue weighted by Crippen LogP contribution is -2.11. The SMILES string of the molecule is CNCCc1cc(Cl)ccc1OCC1CC1. The highest BCUT2D eigenvalue weighted by Gasteiger charge is 2.22. The molecule has 1 N–H and O–H groups in total. The molecule has 0 aromatic heterocycles. The van der Waals surface area contributed by atoms with E-state index in [9.17, 15) is 0 Å². The highest BCUT2D eigenvalue weighted by molar-refractivity contribution is 6.30. The zero-order chi connectivity index (χ0) is 11.4. The molecule has 88 valence electrons. The lowest BCUT2D eigenvalue weighted by Gasteiger charge is -2.11. The summed E-state index contributed by atoms with van der Waals surface area (Å²) in [5.74, 6) is 1.78. The minimum Gasteiger partial charge on any atom is -0.493 e. The molecule has 0 bridgehead atoms. The van der Waals surface area contributed by atoms with Gasteiger partial charge < -0.3 is 10.1 Å². The van der Waals surface area contributed by atoms with E-state index in [2.05, 4.69) is 5.32 Å². The average molecular weight is 240 g/mol. The molecule has 2 rings (SSSR count). The molecule has 1 saturated carbocycles. The molecule has 1 aliphatic rings. The summed E-state index contributed by atoms with van der Waals surface area (Å²) in [5, 5.41) is 3.92. The van der Waals surface area contributed by atoms with E-state index in [0.29, 0.717) is 0 Å². The van der Waals surface area contributed by atoms with Gasteiger partial charge >= 0.3 is 0 Å². The number of hydrogen-bond acceptors (Lipinski definition) is 2. The Morgan fingerprint density at radius 2 is 2.25 bits per heavy atom. The fourth-order valence-electron chi connectivity index (χ4n) is 1.64. The first kappa shape index (κ1) is 11.7. The first-order chi connectivity index (χ1) is 7.79. The van der Waals surface area contributed by atoms with Crippen LogP contribution in [0.15, 0.2) is 18.2 Å². The average Bonchev–Trinajstić information content (AvgIpc) is 3.09. The maximum absolute atomic E-state index is 5.99. The zero-order valence-corrected chi connectivity index (χ0v) is 10.4. The number of halogens is 1. The van der Waals surface area contributed by atoms with Crippen LogP contribution in [0.25, 0.3) is 0 Å². The van der Waals surface area contributed by atoms with Crippen LogP contribution in [0.2, 0.25) is 5.02 Å². The molecule has 1 aromatic rings. The van der Waals surface area contributed by atoms with E-state index in [1.54, 1.807) is 0 Å². The molecular weight excluding hydrogens is 222 g/mol. The fraction of sp³-hybridized carbons (Fsp3) is 0.538. The van der Waals surface area contributed by atoms with E-state index in [-0.39, 0.29) is 0 Å². The molecule has 0 amide bonds. The summed E-state index contributed by atoms with van der Waals surface area (Å²) in [6.07, 6.45) is 3.59. The van der Waals surface area contributed by atoms with Crippen molar-refractivity contribution in [3.05, 3.63) is 28.8 Å². The van der Waals surface area contributed by atoms with Crippen LogP contribution in [0.3, 0.4) is 0 Å². The molecular formula is C13H18ClNO. The van der Waals surface area contributed by atoms with E-state index >= 15 is 0 Å². The quantitative estimate of drug-likeness (QED) is 0.824. The molecule has 1 aliphatic carbocycles. The van der Waals surface area contributed by atoms with Crippen molar-refractivity contribution in [3.8, 4) is 5.75 Å². The summed E-state index contributed by atoms with van der Waals surface area (Å²) < 4.78 is 5.83. The van der Waals surface area contributed by atoms with Gasteiger partial charge in [-0.15, -0.1) is 0 Å². The summed E-state index contributed by atoms with van der Waals surface area (Å²) >= 11 is 5.99. The number of nitrogens with one attached hydrogen (secondary N) is 1. The zero-order valence-electron chi connectivity index (χ0n) is 9.63. The third-order valence-corrected chi connectivity index (χ3v) is 3.07. The van der Waals surface area contributed by atoms with Crippen LogP contribution >= 0.6 is 11.6 Å². The van der Waals surface area contributed by atoms with Crippen LogP contribution in [0, 0.1) is 5.92 Å². The van der Waals surface area contributed by atoms with Crippen molar-refractivity contribution >= 4 is 11.6 Å². The van der Waals surface area contributed by atoms with Crippen molar-refractivity contribution in [2.75, 3.05) is 20.2 Å². The van der Waals surface area contributed by atoms with Gasteiger partial charge in [-0.3, -0.25) is 0 Å². The van der Waals surface area contributed by atoms with Crippen molar-refractivity contribution in [2.24, 2.45) is 5.92 Å². The van der Waals surface area contributed by atoms with Crippen LogP contribution in [0.5, 0.6) is 5.75 Å². The molecule has 0 saturated heterocycles. The number of hydrogen-bond donors (Lipinski definition) is 1. The molecule has 0 aliphatic heterocycles. The second kappa shape index (κ2) is 5.55. The van der Waals surface area contributed by atoms with Gasteiger partial charge in [0, 0.05) is 5.02 Å². The van der Waals surface area contributed by atoms with Gasteiger partial charge in [0.1, 0.15) is 5.75 Å². The van der Waals surface area contributed by atoms with Crippen LogP contribution in [-0.4, -0.2) is 20.2 Å². The molecule has 16 heavy (non-hydrogen) atoms. The summed E-state index contributed by atoms with van der Waals surface area (Å²) in [7, 11) is 1.95. The number of ether oxygens (including phenoxy) is 1. The van der Waals surface area contributed by atoms with Gasteiger partial charge in [0.15, 0.2) is 0 Å². The van der Waals surface area contributed by atoms with Crippen LogP contribution in [0.4, 0.5) is 0 Å². The molecule has 2 nitrogen and oxygen atoms in total. The number of rotatable bonds is 6. The van der Waals surface area contributed by atoms with Crippen molar-refractivity contribution in [1.82, 2.24) is 5.32 Å². The summed E-state index contributed by atoms with van der Waals surface area (Å²) in [6.45, 7) is 1.80. The van der Waals surface area contributed by atoms with Crippen molar-refractivity contribution < 1.29 is 4.74 Å². The number of likely N-dealkylation sites (N-methyl/N-ethyl adjacent to an activating group) is 1. The van der Waals surface area contributed by atoms with E-state index in [0.717, 1.165) is 36.3 Å². The third-order valence-electron chi connectivity index (χ3n) is 2.84. The second-order valence-corrected chi connectivity index (χ2v) is 4.80. The predicted octanol–water partition coefficient (Wildman–Crippen LogP) is 2.89. The van der Waals surface area contributed by atoms with Gasteiger partial charge in [0.2, 0.25) is 0 Å². The Hall–Kier alpha value is -0.730. The van der Waals surface area contributed by atoms with Gasteiger partial charge in [-0.1, -0.05) is 11.6 Å². The molecule has 1 fully saturated rings. The van der Waals surface area contributed by atoms with Crippen LogP contribution < -0.4 is 10.1 Å². The van der Waals surface area contributed by atoms with Gasteiger partial charge in [-0.05, 0) is 62.5 Å². The van der Waals surface area contributed by atoms with Crippen molar-refractivity contribution in [1.29, 1.82) is 0 Å². The fourth-order valence-corrected chi connectivity index (χ4v) is 1.83. The van der Waals surface area contributed by atoms with Crippen LogP contribution in [-0.2, 0) is 6.42 Å². The van der Waals surface area contributed by atoms with E-state index in [1.807, 2.05) is 25.2 Å². The lowest BCUT2D eigenvalue weighted by atomic mass is 10.1. The predicted molar refractivity (Wildman–Crippen MR) is 67.3 cm³/mol. The second-order valence-electron chi connectivity index (χ2n) is 4.36. The van der Waals surface area contributed by atoms with Gasteiger partial charge in [-0.25, -0.2) is 0 Å². The smallest absolute Gasteiger partial charge is 0.122 e. The van der Waals surface area contributed by atoms with Gasteiger partial charge in [0.25, 0.3) is 0 Å². The topological polar surface area (TPSA) is 21.3 Å². The van der Waals surface area contributed by atoms with E-state index in [4.69, 9.17) is 16.3 Å². The minimum absolute atomic E-state index is 0.782. The molecule has 0 heterocycles. The molecule has 0 atom stereocenters.